The number of aromatic amines is 1. The molecule has 9 nitrogen and oxygen atoms in total. The normalized spacial score (nSPS) is 11.7. The molecule has 0 spiro atoms. The Kier molecular flexibility index (Phi) is 9.04. The monoisotopic (exact) mass is 398 g/mol. The third-order valence-corrected chi connectivity index (χ3v) is 5.18. The van der Waals surface area contributed by atoms with E-state index in [1.54, 1.807) is 24.3 Å². The molecule has 2 rings (SSSR count). The second kappa shape index (κ2) is 11.6. The van der Waals surface area contributed by atoms with Crippen LogP contribution in [0.3, 0.4) is 0 Å². The summed E-state index contributed by atoms with van der Waals surface area (Å²) in [5.41, 5.74) is 2.11. The number of thioether (sulfide) groups is 2. The number of hydrogen-bond acceptors (Lipinski definition) is 8. The van der Waals surface area contributed by atoms with Crippen LogP contribution in [0.2, 0.25) is 0 Å². The molecular weight excluding hydrogens is 376 g/mol. The number of aromatic nitrogens is 3. The van der Waals surface area contributed by atoms with Gasteiger partial charge in [0.1, 0.15) is 6.26 Å². The summed E-state index contributed by atoms with van der Waals surface area (Å²) in [4.78, 5) is 26.0. The molecule has 0 saturated carbocycles. The first-order chi connectivity index (χ1) is 12.6. The van der Waals surface area contributed by atoms with E-state index in [0.717, 1.165) is 35.1 Å². The number of nitro groups is 1. The molecule has 2 heterocycles. The van der Waals surface area contributed by atoms with E-state index in [9.17, 15) is 10.1 Å². The number of hydrogen-bond donors (Lipinski definition) is 2. The Labute approximate surface area is 160 Å². The molecule has 0 aromatic carbocycles. The average molecular weight is 399 g/mol. The smallest absolute Gasteiger partial charge is 0.259 e. The second-order valence-corrected chi connectivity index (χ2v) is 7.42. The Balaban J connectivity index is 1.63. The van der Waals surface area contributed by atoms with Crippen molar-refractivity contribution in [3.8, 4) is 0 Å². The van der Waals surface area contributed by atoms with Gasteiger partial charge in [-0.3, -0.25) is 15.1 Å². The number of nitrogens with zero attached hydrogens (tertiary/aromatic N) is 4. The van der Waals surface area contributed by atoms with Crippen LogP contribution < -0.4 is 5.32 Å². The molecular formula is C15H22N6O3S2. The molecule has 0 atom stereocenters. The summed E-state index contributed by atoms with van der Waals surface area (Å²) < 4.78 is 5.13. The summed E-state index contributed by atoms with van der Waals surface area (Å²) in [6, 6.07) is 0. The van der Waals surface area contributed by atoms with Crippen LogP contribution in [0.25, 0.3) is 0 Å². The molecule has 0 fully saturated rings. The van der Waals surface area contributed by atoms with E-state index in [4.69, 9.17) is 4.42 Å². The quantitative estimate of drug-likeness (QED) is 0.140. The van der Waals surface area contributed by atoms with E-state index in [0.29, 0.717) is 24.1 Å². The number of rotatable bonds is 12. The first-order valence-electron chi connectivity index (χ1n) is 8.13. The largest absolute Gasteiger partial charge is 0.440 e. The maximum absolute atomic E-state index is 10.8. The highest BCUT2D eigenvalue weighted by Crippen LogP contribution is 2.15. The van der Waals surface area contributed by atoms with E-state index in [1.807, 2.05) is 6.92 Å². The van der Waals surface area contributed by atoms with Crippen LogP contribution in [0.5, 0.6) is 0 Å². The van der Waals surface area contributed by atoms with Gasteiger partial charge in [-0.15, -0.1) is 0 Å². The van der Waals surface area contributed by atoms with E-state index in [1.165, 1.54) is 18.0 Å². The van der Waals surface area contributed by atoms with Crippen molar-refractivity contribution in [2.75, 3.05) is 31.1 Å². The molecule has 11 heteroatoms. The van der Waals surface area contributed by atoms with Crippen molar-refractivity contribution in [3.05, 3.63) is 40.3 Å². The zero-order chi connectivity index (χ0) is 18.6. The maximum Gasteiger partial charge on any atom is 0.259 e. The van der Waals surface area contributed by atoms with Crippen molar-refractivity contribution in [2.24, 2.45) is 4.99 Å². The van der Waals surface area contributed by atoms with Crippen LogP contribution in [0.15, 0.2) is 33.4 Å². The Bertz CT molecular complexity index is 689. The first kappa shape index (κ1) is 20.3. The first-order valence-corrected chi connectivity index (χ1v) is 10.3. The molecule has 2 N–H and O–H groups in total. The highest BCUT2D eigenvalue weighted by Gasteiger charge is 2.07. The minimum absolute atomic E-state index is 0.282. The van der Waals surface area contributed by atoms with Gasteiger partial charge in [0.2, 0.25) is 0 Å². The molecule has 2 aromatic heterocycles. The van der Waals surface area contributed by atoms with Crippen LogP contribution in [-0.2, 0) is 5.75 Å². The number of oxazole rings is 1. The SMILES string of the molecule is Cc1[nH]cnc1CSCCNC(C[N+](=O)[O-])=NCCCSc1ncco1. The molecule has 142 valence electrons. The summed E-state index contributed by atoms with van der Waals surface area (Å²) in [6.45, 7) is 2.87. The zero-order valence-corrected chi connectivity index (χ0v) is 16.1. The maximum atomic E-state index is 10.8. The standard InChI is InChI=1S/C15H22N6O3S2/c1-12-13(20-11-19-12)10-25-8-5-17-14(9-21(22)23)16-3-2-7-26-15-18-4-6-24-15/h4,6,11H,2-3,5,7-10H2,1H3,(H,16,17)(H,19,20). The second-order valence-electron chi connectivity index (χ2n) is 5.27. The fourth-order valence-corrected chi connectivity index (χ4v) is 3.55. The van der Waals surface area contributed by atoms with E-state index in [-0.39, 0.29) is 11.5 Å². The van der Waals surface area contributed by atoms with Crippen molar-refractivity contribution >= 4 is 29.4 Å². The van der Waals surface area contributed by atoms with E-state index < -0.39 is 0 Å². The molecule has 0 aliphatic carbocycles. The summed E-state index contributed by atoms with van der Waals surface area (Å²) >= 11 is 3.23. The van der Waals surface area contributed by atoms with Gasteiger partial charge in [-0.05, 0) is 13.3 Å². The number of aryl methyl sites for hydroxylation is 1. The highest BCUT2D eigenvalue weighted by molar-refractivity contribution is 7.99. The third-order valence-electron chi connectivity index (χ3n) is 3.27. The molecule has 0 unspecified atom stereocenters. The highest BCUT2D eigenvalue weighted by atomic mass is 32.2. The lowest BCUT2D eigenvalue weighted by molar-refractivity contribution is -0.463. The van der Waals surface area contributed by atoms with Crippen LogP contribution in [0.1, 0.15) is 17.8 Å². The van der Waals surface area contributed by atoms with Crippen molar-refractivity contribution in [1.29, 1.82) is 0 Å². The van der Waals surface area contributed by atoms with Gasteiger partial charge in [0, 0.05) is 41.0 Å². The van der Waals surface area contributed by atoms with Gasteiger partial charge in [-0.25, -0.2) is 9.97 Å². The minimum atomic E-state index is -0.367. The predicted octanol–water partition coefficient (Wildman–Crippen LogP) is 2.39. The van der Waals surface area contributed by atoms with Gasteiger partial charge < -0.3 is 14.7 Å². The molecule has 0 aliphatic rings. The fraction of sp³-hybridized carbons (Fsp3) is 0.533. The van der Waals surface area contributed by atoms with Crippen LogP contribution in [0.4, 0.5) is 0 Å². The Morgan fingerprint density at radius 2 is 2.35 bits per heavy atom. The van der Waals surface area contributed by atoms with Crippen molar-refractivity contribution in [2.45, 2.75) is 24.3 Å². The van der Waals surface area contributed by atoms with Crippen LogP contribution in [0, 0.1) is 17.0 Å². The average Bonchev–Trinajstić information content (AvgIpc) is 3.25. The fourth-order valence-electron chi connectivity index (χ4n) is 1.97. The minimum Gasteiger partial charge on any atom is -0.440 e. The van der Waals surface area contributed by atoms with Crippen molar-refractivity contribution in [3.63, 3.8) is 0 Å². The molecule has 0 aliphatic heterocycles. The topological polar surface area (TPSA) is 122 Å². The predicted molar refractivity (Wildman–Crippen MR) is 103 cm³/mol. The van der Waals surface area contributed by atoms with Crippen LogP contribution >= 0.6 is 23.5 Å². The number of aliphatic imine (C=N–C) groups is 1. The Morgan fingerprint density at radius 1 is 1.46 bits per heavy atom. The van der Waals surface area contributed by atoms with Gasteiger partial charge >= 0.3 is 0 Å². The number of imidazole rings is 1. The van der Waals surface area contributed by atoms with Crippen molar-refractivity contribution in [1.82, 2.24) is 20.3 Å². The summed E-state index contributed by atoms with van der Waals surface area (Å²) in [5, 5.41) is 14.5. The number of amidine groups is 1. The number of H-pyrrole nitrogens is 1. The van der Waals surface area contributed by atoms with Gasteiger partial charge in [0.05, 0.1) is 18.2 Å². The van der Waals surface area contributed by atoms with Gasteiger partial charge in [-0.1, -0.05) is 11.8 Å². The lowest BCUT2D eigenvalue weighted by Gasteiger charge is -2.07. The Morgan fingerprint density at radius 3 is 3.04 bits per heavy atom. The van der Waals surface area contributed by atoms with Gasteiger partial charge in [0.25, 0.3) is 11.8 Å². The molecule has 2 aromatic rings. The summed E-state index contributed by atoms with van der Waals surface area (Å²) in [5.74, 6) is 2.86. The molecule has 0 bridgehead atoms. The summed E-state index contributed by atoms with van der Waals surface area (Å²) in [7, 11) is 0. The van der Waals surface area contributed by atoms with E-state index in [2.05, 4.69) is 25.3 Å². The van der Waals surface area contributed by atoms with Gasteiger partial charge in [0.15, 0.2) is 5.84 Å². The zero-order valence-electron chi connectivity index (χ0n) is 14.5. The molecule has 0 saturated heterocycles. The van der Waals surface area contributed by atoms with Crippen LogP contribution in [-0.4, -0.2) is 56.9 Å². The van der Waals surface area contributed by atoms with Crippen molar-refractivity contribution < 1.29 is 9.34 Å². The Hall–Kier alpha value is -2.01. The molecule has 0 radical (unpaired) electrons. The van der Waals surface area contributed by atoms with Gasteiger partial charge in [-0.2, -0.15) is 11.8 Å². The third kappa shape index (κ3) is 7.91. The number of nitrogens with one attached hydrogen (secondary N) is 2. The molecule has 26 heavy (non-hydrogen) atoms. The lowest BCUT2D eigenvalue weighted by atomic mass is 10.4. The summed E-state index contributed by atoms with van der Waals surface area (Å²) in [6.07, 6.45) is 5.62. The van der Waals surface area contributed by atoms with E-state index >= 15 is 0 Å². The lowest BCUT2D eigenvalue weighted by Crippen LogP contribution is -2.32. The molecule has 0 amide bonds.